The fourth-order valence-electron chi connectivity index (χ4n) is 6.25. The number of aliphatic hydroxyl groups excluding tert-OH is 1. The van der Waals surface area contributed by atoms with Crippen molar-refractivity contribution in [3.63, 3.8) is 0 Å². The average Bonchev–Trinajstić information content (AvgIpc) is 3.28. The molecule has 20 N–H and O–H groups in total. The number of carboxylic acids is 4. The zero-order valence-corrected chi connectivity index (χ0v) is 38.3. The molecule has 0 spiro atoms. The maximum atomic E-state index is 13.9. The van der Waals surface area contributed by atoms with Gasteiger partial charge >= 0.3 is 23.9 Å². The highest BCUT2D eigenvalue weighted by atomic mass is 16.4. The number of carboxylic acid groups (broad SMARTS) is 4. The number of primary amides is 1. The topological polar surface area (TPSA) is 518 Å². The third-order valence-electron chi connectivity index (χ3n) is 9.89. The van der Waals surface area contributed by atoms with Crippen LogP contribution >= 0.6 is 0 Å². The first-order chi connectivity index (χ1) is 33.3. The normalized spacial score (nSPS) is 14.1. The van der Waals surface area contributed by atoms with Crippen molar-refractivity contribution >= 4 is 77.0 Å². The number of nitrogens with one attached hydrogen (secondary N) is 8. The molecule has 0 radical (unpaired) electrons. The Morgan fingerprint density at radius 1 is 0.521 bits per heavy atom. The van der Waals surface area contributed by atoms with Crippen molar-refractivity contribution in [1.29, 1.82) is 0 Å². The second kappa shape index (κ2) is 31.2. The standard InChI is InChI=1S/C41H61N11O19/c1-19(53)34(52-40(70)27(16-32(61)62)51-39(69)25(46-29(56)17-43)14-20-5-7-21(54)8-6-20)41(71)49-22(4-2-3-13-42)36(66)47-23(9-11-28(44)55)37(67)48-24(10-12-30(57)58)38(68)50-26(15-31(59)60)35(65)45-18-33(63)64/h5-8,19,22-27,34,53-54H,2-4,9-18,42-43H2,1H3,(H2,44,55)(H,45,65)(H,46,56)(H,47,66)(H,48,67)(H,49,71)(H,50,68)(H,51,69)(H,52,70)(H,57,58)(H,59,60)(H,61,62)(H,63,64)/t19-,22+,23+,24+,25+,26+,27+,34+/m1/s1. The summed E-state index contributed by atoms with van der Waals surface area (Å²) >= 11 is 0. The number of amides is 9. The van der Waals surface area contributed by atoms with Crippen molar-refractivity contribution in [3.8, 4) is 5.75 Å². The number of aliphatic carboxylic acids is 4. The van der Waals surface area contributed by atoms with Gasteiger partial charge in [-0.2, -0.15) is 0 Å². The summed E-state index contributed by atoms with van der Waals surface area (Å²) in [5, 5.41) is 74.7. The molecule has 0 aromatic heterocycles. The van der Waals surface area contributed by atoms with Gasteiger partial charge in [0.15, 0.2) is 0 Å². The Kier molecular flexibility index (Phi) is 26.8. The molecule has 1 rings (SSSR count). The molecular weight excluding hydrogens is 951 g/mol. The summed E-state index contributed by atoms with van der Waals surface area (Å²) in [6.07, 6.45) is -6.77. The summed E-state index contributed by atoms with van der Waals surface area (Å²) in [6, 6.07) is -7.25. The highest BCUT2D eigenvalue weighted by Gasteiger charge is 2.36. The second-order valence-corrected chi connectivity index (χ2v) is 15.8. The molecule has 0 aliphatic rings. The lowest BCUT2D eigenvalue weighted by Crippen LogP contribution is -2.62. The molecule has 394 valence electrons. The number of carbonyl (C=O) groups is 13. The number of phenolic OH excluding ortho intramolecular Hbond substituents is 1. The average molecular weight is 1010 g/mol. The number of rotatable bonds is 34. The van der Waals surface area contributed by atoms with Gasteiger partial charge in [0, 0.05) is 19.3 Å². The van der Waals surface area contributed by atoms with Crippen LogP contribution in [0.1, 0.15) is 70.3 Å². The van der Waals surface area contributed by atoms with E-state index < -0.39 is 177 Å². The zero-order chi connectivity index (χ0) is 54.0. The van der Waals surface area contributed by atoms with E-state index in [0.717, 1.165) is 6.92 Å². The third-order valence-corrected chi connectivity index (χ3v) is 9.89. The Hall–Kier alpha value is -7.99. The van der Waals surface area contributed by atoms with Gasteiger partial charge in [-0.25, -0.2) is 0 Å². The molecule has 8 atom stereocenters. The second-order valence-electron chi connectivity index (χ2n) is 15.8. The Morgan fingerprint density at radius 3 is 1.42 bits per heavy atom. The number of hydrogen-bond acceptors (Lipinski definition) is 17. The van der Waals surface area contributed by atoms with E-state index >= 15 is 0 Å². The van der Waals surface area contributed by atoms with Crippen LogP contribution in [0.15, 0.2) is 24.3 Å². The van der Waals surface area contributed by atoms with Gasteiger partial charge in [-0.3, -0.25) is 62.3 Å². The molecule has 1 aromatic carbocycles. The minimum Gasteiger partial charge on any atom is -0.508 e. The Balaban J connectivity index is 3.48. The van der Waals surface area contributed by atoms with E-state index in [-0.39, 0.29) is 38.0 Å². The number of aliphatic hydroxyl groups is 1. The summed E-state index contributed by atoms with van der Waals surface area (Å²) in [7, 11) is 0. The summed E-state index contributed by atoms with van der Waals surface area (Å²) < 4.78 is 0. The van der Waals surface area contributed by atoms with Gasteiger partial charge in [0.1, 0.15) is 54.6 Å². The minimum atomic E-state index is -1.98. The summed E-state index contributed by atoms with van der Waals surface area (Å²) in [5.74, 6) is -16.9. The Morgan fingerprint density at radius 2 is 0.972 bits per heavy atom. The van der Waals surface area contributed by atoms with Crippen LogP contribution < -0.4 is 59.7 Å². The molecule has 30 heteroatoms. The van der Waals surface area contributed by atoms with Crippen molar-refractivity contribution in [2.45, 2.75) is 120 Å². The van der Waals surface area contributed by atoms with Gasteiger partial charge in [-0.05, 0) is 63.3 Å². The molecule has 0 bridgehead atoms. The van der Waals surface area contributed by atoms with Gasteiger partial charge in [0.05, 0.1) is 25.5 Å². The van der Waals surface area contributed by atoms with E-state index in [0.29, 0.717) is 5.56 Å². The number of unbranched alkanes of at least 4 members (excludes halogenated alkanes) is 1. The predicted octanol–water partition coefficient (Wildman–Crippen LogP) is -6.92. The minimum absolute atomic E-state index is 0.0923. The zero-order valence-electron chi connectivity index (χ0n) is 38.3. The summed E-state index contributed by atoms with van der Waals surface area (Å²) in [4.78, 5) is 164. The predicted molar refractivity (Wildman–Crippen MR) is 239 cm³/mol. The van der Waals surface area contributed by atoms with E-state index in [1.807, 2.05) is 10.6 Å². The van der Waals surface area contributed by atoms with Crippen LogP contribution in [0.3, 0.4) is 0 Å². The number of aromatic hydroxyl groups is 1. The van der Waals surface area contributed by atoms with E-state index in [9.17, 15) is 87.9 Å². The molecule has 0 aliphatic carbocycles. The first-order valence-electron chi connectivity index (χ1n) is 21.7. The van der Waals surface area contributed by atoms with Crippen LogP contribution in [-0.4, -0.2) is 176 Å². The maximum absolute atomic E-state index is 13.9. The van der Waals surface area contributed by atoms with Crippen LogP contribution in [0, 0.1) is 0 Å². The molecular formula is C41H61N11O19. The first-order valence-corrected chi connectivity index (χ1v) is 21.7. The lowest BCUT2D eigenvalue weighted by Gasteiger charge is -2.28. The number of nitrogens with two attached hydrogens (primary N) is 3. The maximum Gasteiger partial charge on any atom is 0.322 e. The van der Waals surface area contributed by atoms with E-state index in [2.05, 4.69) is 31.9 Å². The lowest BCUT2D eigenvalue weighted by atomic mass is 10.0. The lowest BCUT2D eigenvalue weighted by molar-refractivity contribution is -0.142. The Labute approximate surface area is 403 Å². The molecule has 30 nitrogen and oxygen atoms in total. The third kappa shape index (κ3) is 24.2. The molecule has 9 amide bonds. The van der Waals surface area contributed by atoms with Crippen LogP contribution in [0.2, 0.25) is 0 Å². The molecule has 71 heavy (non-hydrogen) atoms. The molecule has 0 saturated carbocycles. The highest BCUT2D eigenvalue weighted by molar-refractivity contribution is 5.99. The number of benzene rings is 1. The number of carbonyl (C=O) groups excluding carboxylic acids is 9. The van der Waals surface area contributed by atoms with Crippen molar-refractivity contribution in [2.24, 2.45) is 17.2 Å². The fraction of sp³-hybridized carbons (Fsp3) is 0.537. The monoisotopic (exact) mass is 1010 g/mol. The molecule has 0 heterocycles. The fourth-order valence-corrected chi connectivity index (χ4v) is 6.25. The van der Waals surface area contributed by atoms with Crippen LogP contribution in [0.5, 0.6) is 5.75 Å². The van der Waals surface area contributed by atoms with Crippen molar-refractivity contribution in [1.82, 2.24) is 42.5 Å². The molecule has 0 unspecified atom stereocenters. The van der Waals surface area contributed by atoms with E-state index in [1.165, 1.54) is 24.3 Å². The van der Waals surface area contributed by atoms with Crippen molar-refractivity contribution < 1.29 is 93.0 Å². The molecule has 1 aromatic rings. The van der Waals surface area contributed by atoms with Crippen LogP contribution in [0.4, 0.5) is 0 Å². The van der Waals surface area contributed by atoms with Gasteiger partial charge in [0.2, 0.25) is 53.2 Å². The van der Waals surface area contributed by atoms with Crippen LogP contribution in [0.25, 0.3) is 0 Å². The first kappa shape index (κ1) is 61.0. The van der Waals surface area contributed by atoms with Gasteiger partial charge in [-0.15, -0.1) is 0 Å². The molecule has 0 fully saturated rings. The smallest absolute Gasteiger partial charge is 0.322 e. The van der Waals surface area contributed by atoms with Crippen LogP contribution in [-0.2, 0) is 68.7 Å². The SMILES string of the molecule is C[C@@H](O)[C@H](NC(=O)[C@H](CC(=O)O)NC(=O)[C@H](Cc1ccc(O)cc1)NC(=O)CN)C(=O)N[C@@H](CCCCN)C(=O)N[C@@H](CCC(N)=O)C(=O)N[C@@H](CCC(=O)O)C(=O)N[C@@H](CC(=O)O)C(=O)NCC(=O)O. The van der Waals surface area contributed by atoms with Gasteiger partial charge < -0.3 is 90.4 Å². The van der Waals surface area contributed by atoms with Crippen molar-refractivity contribution in [3.05, 3.63) is 29.8 Å². The Bertz CT molecular complexity index is 2090. The summed E-state index contributed by atoms with van der Waals surface area (Å²) in [6.45, 7) is -0.425. The summed E-state index contributed by atoms with van der Waals surface area (Å²) in [5.41, 5.74) is 16.7. The van der Waals surface area contributed by atoms with E-state index in [4.69, 9.17) is 22.3 Å². The van der Waals surface area contributed by atoms with Crippen molar-refractivity contribution in [2.75, 3.05) is 19.6 Å². The van der Waals surface area contributed by atoms with Gasteiger partial charge in [-0.1, -0.05) is 12.1 Å². The number of phenols is 1. The molecule has 0 aliphatic heterocycles. The highest BCUT2D eigenvalue weighted by Crippen LogP contribution is 2.13. The van der Waals surface area contributed by atoms with E-state index in [1.54, 1.807) is 0 Å². The largest absolute Gasteiger partial charge is 0.508 e. The number of hydrogen-bond donors (Lipinski definition) is 17. The van der Waals surface area contributed by atoms with Gasteiger partial charge in [0.25, 0.3) is 0 Å². The quantitative estimate of drug-likeness (QED) is 0.0285. The molecule has 0 saturated heterocycles.